The van der Waals surface area contributed by atoms with Gasteiger partial charge in [0.25, 0.3) is 0 Å². The molecular weight excluding hydrogens is 324 g/mol. The van der Waals surface area contributed by atoms with Crippen LogP contribution in [-0.4, -0.2) is 23.2 Å². The molecule has 0 aliphatic heterocycles. The number of unbranched alkanes of at least 4 members (excludes halogenated alkanes) is 3. The average molecular weight is 357 g/mol. The Morgan fingerprint density at radius 2 is 1.77 bits per heavy atom. The van der Waals surface area contributed by atoms with Gasteiger partial charge in [0.15, 0.2) is 5.75 Å². The fraction of sp³-hybridized carbons (Fsp3) is 0.545. The Morgan fingerprint density at radius 3 is 2.50 bits per heavy atom. The third kappa shape index (κ3) is 6.66. The molecule has 0 saturated carbocycles. The second-order valence-corrected chi connectivity index (χ2v) is 6.85. The summed E-state index contributed by atoms with van der Waals surface area (Å²) in [6.45, 7) is 7.85. The van der Waals surface area contributed by atoms with Gasteiger partial charge in [-0.1, -0.05) is 76.8 Å². The molecule has 0 radical (unpaired) electrons. The highest BCUT2D eigenvalue weighted by Crippen LogP contribution is 2.29. The molecule has 4 heteroatoms. The lowest BCUT2D eigenvalue weighted by Crippen LogP contribution is -2.11. The van der Waals surface area contributed by atoms with Gasteiger partial charge in [0.2, 0.25) is 0 Å². The standard InChI is InChI=1S/C22H32N2O2/c1-4-6-7-9-12-18(3)17-26-22-23-16-20(25-15-5-2)21(24-22)19-13-10-8-11-14-19/h8,10-11,13-14,16,18H,4-7,9,12,15,17H2,1-3H3. The quantitative estimate of drug-likeness (QED) is 0.443. The molecule has 2 rings (SSSR count). The second kappa shape index (κ2) is 11.5. The molecule has 2 aromatic rings. The predicted molar refractivity (Wildman–Crippen MR) is 107 cm³/mol. The molecule has 26 heavy (non-hydrogen) atoms. The average Bonchev–Trinajstić information content (AvgIpc) is 2.69. The molecule has 1 aromatic carbocycles. The Bertz CT molecular complexity index is 631. The van der Waals surface area contributed by atoms with Crippen molar-refractivity contribution in [3.63, 3.8) is 0 Å². The van der Waals surface area contributed by atoms with E-state index in [0.29, 0.717) is 30.9 Å². The van der Waals surface area contributed by atoms with E-state index in [1.165, 1.54) is 32.1 Å². The van der Waals surface area contributed by atoms with E-state index >= 15 is 0 Å². The summed E-state index contributed by atoms with van der Waals surface area (Å²) in [7, 11) is 0. The van der Waals surface area contributed by atoms with Crippen molar-refractivity contribution >= 4 is 0 Å². The van der Waals surface area contributed by atoms with Crippen LogP contribution in [0.15, 0.2) is 36.5 Å². The van der Waals surface area contributed by atoms with Crippen LogP contribution in [0.1, 0.15) is 59.3 Å². The molecule has 0 fully saturated rings. The molecular formula is C22H32N2O2. The Hall–Kier alpha value is -2.10. The highest BCUT2D eigenvalue weighted by molar-refractivity contribution is 5.65. The largest absolute Gasteiger partial charge is 0.490 e. The van der Waals surface area contributed by atoms with Crippen LogP contribution >= 0.6 is 0 Å². The van der Waals surface area contributed by atoms with Gasteiger partial charge in [-0.15, -0.1) is 0 Å². The Morgan fingerprint density at radius 1 is 0.962 bits per heavy atom. The van der Waals surface area contributed by atoms with Gasteiger partial charge in [0.05, 0.1) is 19.4 Å². The second-order valence-electron chi connectivity index (χ2n) is 6.85. The fourth-order valence-corrected chi connectivity index (χ4v) is 2.76. The van der Waals surface area contributed by atoms with Gasteiger partial charge in [0, 0.05) is 5.56 Å². The van der Waals surface area contributed by atoms with Crippen LogP contribution in [0.4, 0.5) is 0 Å². The van der Waals surface area contributed by atoms with Gasteiger partial charge in [-0.05, 0) is 18.8 Å². The van der Waals surface area contributed by atoms with Crippen molar-refractivity contribution in [1.82, 2.24) is 9.97 Å². The number of ether oxygens (including phenoxy) is 2. The SMILES string of the molecule is CCCCCCC(C)COc1ncc(OCCC)c(-c2ccccc2)n1. The van der Waals surface area contributed by atoms with E-state index in [1.807, 2.05) is 30.3 Å². The van der Waals surface area contributed by atoms with E-state index in [-0.39, 0.29) is 0 Å². The smallest absolute Gasteiger partial charge is 0.317 e. The minimum Gasteiger partial charge on any atom is -0.490 e. The van der Waals surface area contributed by atoms with Crippen LogP contribution in [0.25, 0.3) is 11.3 Å². The molecule has 142 valence electrons. The molecule has 0 aliphatic rings. The van der Waals surface area contributed by atoms with Crippen LogP contribution in [0.5, 0.6) is 11.8 Å². The summed E-state index contributed by atoms with van der Waals surface area (Å²) in [4.78, 5) is 8.96. The number of rotatable bonds is 12. The molecule has 0 spiro atoms. The van der Waals surface area contributed by atoms with E-state index in [0.717, 1.165) is 17.7 Å². The first kappa shape index (κ1) is 20.2. The molecule has 0 saturated heterocycles. The third-order valence-corrected chi connectivity index (χ3v) is 4.29. The predicted octanol–water partition coefficient (Wildman–Crippen LogP) is 5.92. The number of nitrogens with zero attached hydrogens (tertiary/aromatic N) is 2. The zero-order valence-corrected chi connectivity index (χ0v) is 16.4. The zero-order chi connectivity index (χ0) is 18.6. The maximum atomic E-state index is 5.87. The monoisotopic (exact) mass is 356 g/mol. The molecule has 0 amide bonds. The molecule has 0 aliphatic carbocycles. The summed E-state index contributed by atoms with van der Waals surface area (Å²) in [5, 5.41) is 0. The van der Waals surface area contributed by atoms with Crippen LogP contribution in [-0.2, 0) is 0 Å². The maximum absolute atomic E-state index is 5.87. The van der Waals surface area contributed by atoms with Gasteiger partial charge < -0.3 is 9.47 Å². The first-order valence-corrected chi connectivity index (χ1v) is 9.92. The summed E-state index contributed by atoms with van der Waals surface area (Å²) < 4.78 is 11.7. The molecule has 0 bridgehead atoms. The summed E-state index contributed by atoms with van der Waals surface area (Å²) in [5.74, 6) is 1.21. The molecule has 0 N–H and O–H groups in total. The van der Waals surface area contributed by atoms with E-state index in [4.69, 9.17) is 9.47 Å². The van der Waals surface area contributed by atoms with Gasteiger partial charge >= 0.3 is 6.01 Å². The maximum Gasteiger partial charge on any atom is 0.317 e. The van der Waals surface area contributed by atoms with E-state index < -0.39 is 0 Å². The summed E-state index contributed by atoms with van der Waals surface area (Å²) in [6, 6.07) is 10.5. The van der Waals surface area contributed by atoms with Gasteiger partial charge in [-0.3, -0.25) is 0 Å². The normalized spacial score (nSPS) is 12.0. The van der Waals surface area contributed by atoms with Crippen LogP contribution in [0.3, 0.4) is 0 Å². The molecule has 1 unspecified atom stereocenters. The summed E-state index contributed by atoms with van der Waals surface area (Å²) in [6.07, 6.45) is 9.01. The summed E-state index contributed by atoms with van der Waals surface area (Å²) >= 11 is 0. The lowest BCUT2D eigenvalue weighted by atomic mass is 10.0. The number of benzene rings is 1. The van der Waals surface area contributed by atoms with Gasteiger partial charge in [-0.2, -0.15) is 9.97 Å². The minimum absolute atomic E-state index is 0.424. The van der Waals surface area contributed by atoms with Gasteiger partial charge in [0.1, 0.15) is 5.69 Å². The first-order chi connectivity index (χ1) is 12.7. The topological polar surface area (TPSA) is 44.2 Å². The first-order valence-electron chi connectivity index (χ1n) is 9.92. The molecule has 1 atom stereocenters. The highest BCUT2D eigenvalue weighted by Gasteiger charge is 2.12. The Labute approximate surface area is 158 Å². The fourth-order valence-electron chi connectivity index (χ4n) is 2.76. The lowest BCUT2D eigenvalue weighted by molar-refractivity contribution is 0.230. The Balaban J connectivity index is 2.01. The zero-order valence-electron chi connectivity index (χ0n) is 16.4. The lowest BCUT2D eigenvalue weighted by Gasteiger charge is -2.14. The van der Waals surface area contributed by atoms with E-state index in [1.54, 1.807) is 6.20 Å². The molecule has 1 heterocycles. The van der Waals surface area contributed by atoms with Crippen LogP contribution in [0.2, 0.25) is 0 Å². The van der Waals surface area contributed by atoms with Crippen molar-refractivity contribution < 1.29 is 9.47 Å². The number of aromatic nitrogens is 2. The van der Waals surface area contributed by atoms with Gasteiger partial charge in [-0.25, -0.2) is 0 Å². The molecule has 4 nitrogen and oxygen atoms in total. The van der Waals surface area contributed by atoms with Crippen molar-refractivity contribution in [2.75, 3.05) is 13.2 Å². The van der Waals surface area contributed by atoms with Crippen molar-refractivity contribution in [3.8, 4) is 23.0 Å². The van der Waals surface area contributed by atoms with Crippen molar-refractivity contribution in [3.05, 3.63) is 36.5 Å². The Kier molecular flexibility index (Phi) is 8.94. The van der Waals surface area contributed by atoms with Crippen LogP contribution < -0.4 is 9.47 Å². The number of hydrogen-bond acceptors (Lipinski definition) is 4. The van der Waals surface area contributed by atoms with Crippen molar-refractivity contribution in [1.29, 1.82) is 0 Å². The minimum atomic E-state index is 0.424. The molecule has 1 aromatic heterocycles. The van der Waals surface area contributed by atoms with Crippen molar-refractivity contribution in [2.24, 2.45) is 5.92 Å². The van der Waals surface area contributed by atoms with Crippen molar-refractivity contribution in [2.45, 2.75) is 59.3 Å². The van der Waals surface area contributed by atoms with E-state index in [9.17, 15) is 0 Å². The van der Waals surface area contributed by atoms with E-state index in [2.05, 4.69) is 30.7 Å². The third-order valence-electron chi connectivity index (χ3n) is 4.29. The summed E-state index contributed by atoms with van der Waals surface area (Å²) in [5.41, 5.74) is 1.80. The number of hydrogen-bond donors (Lipinski definition) is 0. The highest BCUT2D eigenvalue weighted by atomic mass is 16.5. The van der Waals surface area contributed by atoms with Crippen LogP contribution in [0, 0.1) is 5.92 Å².